The van der Waals surface area contributed by atoms with Gasteiger partial charge in [0.1, 0.15) is 0 Å². The molecule has 0 radical (unpaired) electrons. The minimum atomic E-state index is -0.431. The second-order valence-corrected chi connectivity index (χ2v) is 6.68. The van der Waals surface area contributed by atoms with Gasteiger partial charge in [0.2, 0.25) is 0 Å². The number of hydrogen-bond acceptors (Lipinski definition) is 5. The zero-order chi connectivity index (χ0) is 22.4. The van der Waals surface area contributed by atoms with E-state index in [2.05, 4.69) is 24.2 Å². The third kappa shape index (κ3) is 4.41. The zero-order valence-electron chi connectivity index (χ0n) is 17.6. The molecule has 0 bridgehead atoms. The summed E-state index contributed by atoms with van der Waals surface area (Å²) in [5.41, 5.74) is 4.68. The van der Waals surface area contributed by atoms with Crippen LogP contribution in [0.25, 0.3) is 16.6 Å². The predicted molar refractivity (Wildman–Crippen MR) is 121 cm³/mol. The summed E-state index contributed by atoms with van der Waals surface area (Å²) in [5.74, 6) is -0.431. The Morgan fingerprint density at radius 2 is 2.00 bits per heavy atom. The van der Waals surface area contributed by atoms with Crippen molar-refractivity contribution in [2.24, 2.45) is 0 Å². The SMILES string of the molecule is C=C/C=C(\C(=C)C#N)c1ccc(Cn2c(OCC)nc3cccc(C(=O)OC)c32)cc1. The molecule has 3 aromatic rings. The fourth-order valence-electron chi connectivity index (χ4n) is 3.35. The van der Waals surface area contributed by atoms with E-state index in [9.17, 15) is 10.1 Å². The molecule has 1 heterocycles. The Bertz CT molecular complexity index is 1210. The average Bonchev–Trinajstić information content (AvgIpc) is 3.14. The van der Waals surface area contributed by atoms with Gasteiger partial charge in [0, 0.05) is 0 Å². The van der Waals surface area contributed by atoms with E-state index in [1.807, 2.05) is 41.8 Å². The fourth-order valence-corrected chi connectivity index (χ4v) is 3.35. The molecule has 0 saturated carbocycles. The van der Waals surface area contributed by atoms with Crippen molar-refractivity contribution >= 4 is 22.6 Å². The molecule has 6 nitrogen and oxygen atoms in total. The van der Waals surface area contributed by atoms with E-state index in [1.54, 1.807) is 24.3 Å². The van der Waals surface area contributed by atoms with Gasteiger partial charge >= 0.3 is 5.97 Å². The molecule has 0 aliphatic heterocycles. The Labute approximate surface area is 181 Å². The lowest BCUT2D eigenvalue weighted by Crippen LogP contribution is -2.09. The van der Waals surface area contributed by atoms with E-state index < -0.39 is 5.97 Å². The summed E-state index contributed by atoms with van der Waals surface area (Å²) >= 11 is 0. The number of nitrogens with zero attached hydrogens (tertiary/aromatic N) is 3. The van der Waals surface area contributed by atoms with Crippen molar-refractivity contribution in [3.8, 4) is 12.1 Å². The highest BCUT2D eigenvalue weighted by Gasteiger charge is 2.19. The van der Waals surface area contributed by atoms with Crippen molar-refractivity contribution in [2.45, 2.75) is 13.5 Å². The van der Waals surface area contributed by atoms with Gasteiger partial charge in [0.15, 0.2) is 0 Å². The number of rotatable bonds is 8. The van der Waals surface area contributed by atoms with Crippen LogP contribution >= 0.6 is 0 Å². The molecule has 3 rings (SSSR count). The van der Waals surface area contributed by atoms with Crippen LogP contribution in [0, 0.1) is 11.3 Å². The lowest BCUT2D eigenvalue weighted by Gasteiger charge is -2.12. The molecule has 0 atom stereocenters. The topological polar surface area (TPSA) is 77.1 Å². The maximum Gasteiger partial charge on any atom is 0.340 e. The Kier molecular flexibility index (Phi) is 6.68. The zero-order valence-corrected chi connectivity index (χ0v) is 17.6. The number of fused-ring (bicyclic) bond motifs is 1. The van der Waals surface area contributed by atoms with Gasteiger partial charge < -0.3 is 9.47 Å². The van der Waals surface area contributed by atoms with Crippen molar-refractivity contribution in [2.75, 3.05) is 13.7 Å². The van der Waals surface area contributed by atoms with Crippen LogP contribution in [0.4, 0.5) is 0 Å². The van der Waals surface area contributed by atoms with Crippen LogP contribution in [0.2, 0.25) is 0 Å². The monoisotopic (exact) mass is 413 g/mol. The Morgan fingerprint density at radius 1 is 1.26 bits per heavy atom. The van der Waals surface area contributed by atoms with Crippen LogP contribution in [0.1, 0.15) is 28.4 Å². The van der Waals surface area contributed by atoms with E-state index in [4.69, 9.17) is 9.47 Å². The van der Waals surface area contributed by atoms with Crippen molar-refractivity contribution in [3.05, 3.63) is 90.0 Å². The molecular formula is C25H23N3O3. The van der Waals surface area contributed by atoms with E-state index in [-0.39, 0.29) is 0 Å². The first-order valence-corrected chi connectivity index (χ1v) is 9.75. The summed E-state index contributed by atoms with van der Waals surface area (Å²) in [6.07, 6.45) is 3.39. The number of carbonyl (C=O) groups excluding carboxylic acids is 1. The molecule has 0 aliphatic carbocycles. The average molecular weight is 413 g/mol. The third-order valence-electron chi connectivity index (χ3n) is 4.76. The second-order valence-electron chi connectivity index (χ2n) is 6.68. The number of nitriles is 1. The van der Waals surface area contributed by atoms with Crippen LogP contribution in [-0.2, 0) is 11.3 Å². The lowest BCUT2D eigenvalue weighted by molar-refractivity contribution is 0.0602. The first-order chi connectivity index (χ1) is 15.0. The number of allylic oxidation sites excluding steroid dienone is 4. The van der Waals surface area contributed by atoms with Crippen molar-refractivity contribution in [1.82, 2.24) is 9.55 Å². The lowest BCUT2D eigenvalue weighted by atomic mass is 9.98. The van der Waals surface area contributed by atoms with Gasteiger partial charge in [-0.05, 0) is 35.8 Å². The molecule has 0 unspecified atom stereocenters. The molecule has 31 heavy (non-hydrogen) atoms. The third-order valence-corrected chi connectivity index (χ3v) is 4.76. The molecule has 0 amide bonds. The Balaban J connectivity index is 2.05. The number of imidazole rings is 1. The van der Waals surface area contributed by atoms with E-state index in [1.165, 1.54) is 7.11 Å². The second kappa shape index (κ2) is 9.59. The summed E-state index contributed by atoms with van der Waals surface area (Å²) in [4.78, 5) is 16.9. The standard InChI is InChI=1S/C25H23N3O3/c1-5-8-20(17(3)15-26)19-13-11-18(12-14-19)16-28-23-21(24(29)30-4)9-7-10-22(23)27-25(28)31-6-2/h5,7-14H,1,3,6,16H2,2,4H3/b20-8+. The molecule has 0 fully saturated rings. The maximum absolute atomic E-state index is 12.3. The first-order valence-electron chi connectivity index (χ1n) is 9.75. The molecule has 1 aromatic heterocycles. The highest BCUT2D eigenvalue weighted by Crippen LogP contribution is 2.28. The molecule has 0 N–H and O–H groups in total. The predicted octanol–water partition coefficient (Wildman–Crippen LogP) is 4.92. The van der Waals surface area contributed by atoms with Crippen molar-refractivity contribution < 1.29 is 14.3 Å². The quantitative estimate of drug-likeness (QED) is 0.298. The van der Waals surface area contributed by atoms with Gasteiger partial charge in [-0.25, -0.2) is 4.79 Å². The van der Waals surface area contributed by atoms with Gasteiger partial charge in [-0.1, -0.05) is 55.6 Å². The minimum absolute atomic E-state index is 0.370. The Hall–Kier alpha value is -4.11. The molecule has 156 valence electrons. The number of carbonyl (C=O) groups is 1. The van der Waals surface area contributed by atoms with E-state index in [0.717, 1.165) is 16.7 Å². The highest BCUT2D eigenvalue weighted by atomic mass is 16.5. The maximum atomic E-state index is 12.3. The van der Waals surface area contributed by atoms with Gasteiger partial charge in [-0.2, -0.15) is 10.2 Å². The number of aromatic nitrogens is 2. The smallest absolute Gasteiger partial charge is 0.340 e. The first kappa shape index (κ1) is 21.6. The van der Waals surface area contributed by atoms with Crippen molar-refractivity contribution in [1.29, 1.82) is 5.26 Å². The van der Waals surface area contributed by atoms with Gasteiger partial charge in [0.25, 0.3) is 6.01 Å². The number of para-hydroxylation sites is 1. The van der Waals surface area contributed by atoms with Gasteiger partial charge in [0.05, 0.1) is 48.5 Å². The molecule has 0 spiro atoms. The fraction of sp³-hybridized carbons (Fsp3) is 0.160. The van der Waals surface area contributed by atoms with Gasteiger partial charge in [-0.3, -0.25) is 4.57 Å². The number of methoxy groups -OCH3 is 1. The Morgan fingerprint density at radius 3 is 2.61 bits per heavy atom. The highest BCUT2D eigenvalue weighted by molar-refractivity contribution is 6.02. The molecule has 2 aromatic carbocycles. The largest absolute Gasteiger partial charge is 0.465 e. The molecule has 6 heteroatoms. The summed E-state index contributed by atoms with van der Waals surface area (Å²) in [6.45, 7) is 10.3. The van der Waals surface area contributed by atoms with E-state index in [0.29, 0.717) is 41.3 Å². The summed E-state index contributed by atoms with van der Waals surface area (Å²) in [7, 11) is 1.35. The normalized spacial score (nSPS) is 11.1. The van der Waals surface area contributed by atoms with Crippen LogP contribution in [0.5, 0.6) is 6.01 Å². The van der Waals surface area contributed by atoms with Crippen molar-refractivity contribution in [3.63, 3.8) is 0 Å². The minimum Gasteiger partial charge on any atom is -0.465 e. The number of hydrogen-bond donors (Lipinski definition) is 0. The van der Waals surface area contributed by atoms with Crippen LogP contribution in [-0.4, -0.2) is 29.2 Å². The molecule has 0 aliphatic rings. The van der Waals surface area contributed by atoms with E-state index >= 15 is 0 Å². The summed E-state index contributed by atoms with van der Waals surface area (Å²) in [5, 5.41) is 9.21. The molecule has 0 saturated heterocycles. The number of ether oxygens (including phenoxy) is 2. The molecular weight excluding hydrogens is 390 g/mol. The van der Waals surface area contributed by atoms with Crippen LogP contribution < -0.4 is 4.74 Å². The van der Waals surface area contributed by atoms with Crippen LogP contribution in [0.15, 0.2) is 73.3 Å². The summed E-state index contributed by atoms with van der Waals surface area (Å²) in [6, 6.07) is 15.6. The number of esters is 1. The summed E-state index contributed by atoms with van der Waals surface area (Å²) < 4.78 is 12.6. The van der Waals surface area contributed by atoms with Crippen LogP contribution in [0.3, 0.4) is 0 Å². The number of benzene rings is 2. The van der Waals surface area contributed by atoms with Gasteiger partial charge in [-0.15, -0.1) is 0 Å².